The predicted molar refractivity (Wildman–Crippen MR) is 501 cm³/mol. The van der Waals surface area contributed by atoms with Crippen LogP contribution in [0.5, 0.6) is 0 Å². The zero-order chi connectivity index (χ0) is 112. The first-order valence-corrected chi connectivity index (χ1v) is 50.8. The highest BCUT2D eigenvalue weighted by molar-refractivity contribution is 7.86. The van der Waals surface area contributed by atoms with E-state index < -0.39 is 216 Å². The van der Waals surface area contributed by atoms with E-state index in [1.807, 2.05) is 13.8 Å². The van der Waals surface area contributed by atoms with Crippen LogP contribution in [0.2, 0.25) is 0 Å². The van der Waals surface area contributed by atoms with Gasteiger partial charge in [0.05, 0.1) is 119 Å². The summed E-state index contributed by atoms with van der Waals surface area (Å²) in [5, 5.41) is 139. The van der Waals surface area contributed by atoms with Gasteiger partial charge in [0, 0.05) is 84.0 Å². The van der Waals surface area contributed by atoms with Gasteiger partial charge in [-0.1, -0.05) is 31.2 Å². The average Bonchev–Trinajstić information content (AvgIpc) is 1.62. The Kier molecular flexibility index (Phi) is 48.6. The van der Waals surface area contributed by atoms with Crippen molar-refractivity contribution in [3.05, 3.63) is 223 Å². The molecule has 5 N–H and O–H groups in total. The first-order chi connectivity index (χ1) is 69.6. The van der Waals surface area contributed by atoms with Crippen LogP contribution in [0.15, 0.2) is 141 Å². The summed E-state index contributed by atoms with van der Waals surface area (Å²) in [5.41, 5.74) is 1.02. The zero-order valence-corrected chi connectivity index (χ0v) is 84.7. The third-order valence-corrected chi connectivity index (χ3v) is 22.2. The highest BCUT2D eigenvalue weighted by Crippen LogP contribution is 2.38. The molecule has 0 spiro atoms. The van der Waals surface area contributed by atoms with Crippen LogP contribution in [-0.2, 0) is 157 Å². The number of hydrogen-bond donors (Lipinski definition) is 5. The van der Waals surface area contributed by atoms with Gasteiger partial charge in [-0.2, -0.15) is 33.7 Å². The number of carbonyl (C=O) groups excluding carboxylic acids is 6. The van der Waals surface area contributed by atoms with Gasteiger partial charge in [0.25, 0.3) is 40.5 Å². The molecule has 0 amide bonds. The minimum Gasteiger partial charge on any atom is -0.463 e. The van der Waals surface area contributed by atoms with E-state index in [-0.39, 0.29) is 99.3 Å². The van der Waals surface area contributed by atoms with Crippen LogP contribution in [0.4, 0.5) is 40.7 Å². The molecule has 149 heavy (non-hydrogen) atoms. The number of hydrogen-bond acceptors (Lipinski definition) is 49. The molecule has 15 atom stereocenters. The molecule has 0 aromatic carbocycles. The van der Waals surface area contributed by atoms with Gasteiger partial charge in [0.15, 0.2) is 24.4 Å². The Labute approximate surface area is 845 Å². The van der Waals surface area contributed by atoms with Crippen molar-refractivity contribution < 1.29 is 177 Å². The standard InChI is InChI=1S/C14H18N2O10S.C13H17N5O7S.C13H18N2O9S.C11H15N5O3.C10H14N2O7S.C10H14N2O5.C9H14N2O4/c1-8(17)24-12-10(7-23-27(3,21)22)26-14(13(12)25-9(2)18)15-6-4-5-11(15)16(19)20;1-10(19)24-8-12(9-25-26(2,22)23)17-7-11(14-15-17)6-16-5-3-4-13(16)18(20)21;1-9(16)23-11(7-14-6-4-5-13(14)15(18)19)12(24-10(2)17)8-22-25(3,20)21;1-2-10(8-17)15-7-9(12-13-15)6-14-5-3-4-11(14)16(18)19;1-8(13)19-9(7-18-20(2,16)17)6-11-5-3-4-10(11)12(14)15;1-2-6-8(13)9(14)10(17-6)11-5-3-4-7(11)12(15)16;1-2-7(12)8(13)6-10-5-3-4-9(10)11(14)15/h4-6,10,12-14H,7H2,1-3H3;3-5,7,12H,6,8-9H2,1-2H3;4-6,11-12H,7-8H2,1-3H3;3-5,7,10,17H,2,6,8H2,1H3;3-5,9H,6-7H2,1-2H3;3-6,8-10,13-14H,2H2,1H3;3-5,7-8,12-13H,2,6H2,1H3. The van der Waals surface area contributed by atoms with Crippen LogP contribution in [0.1, 0.15) is 118 Å². The second-order valence-corrected chi connectivity index (χ2v) is 38.2. The molecule has 0 aliphatic carbocycles. The van der Waals surface area contributed by atoms with E-state index in [0.717, 1.165) is 70.6 Å². The molecule has 11 heterocycles. The molecule has 2 aliphatic heterocycles. The third kappa shape index (κ3) is 41.8. The number of aliphatic hydroxyl groups excluding tert-OH is 5. The van der Waals surface area contributed by atoms with Gasteiger partial charge in [-0.05, 0) is 96.2 Å². The highest BCUT2D eigenvalue weighted by atomic mass is 32.2. The molecular weight excluding hydrogens is 2090 g/mol. The maximum absolute atomic E-state index is 11.5. The van der Waals surface area contributed by atoms with Crippen LogP contribution in [-0.4, -0.2) is 323 Å². The summed E-state index contributed by atoms with van der Waals surface area (Å²) in [6.07, 6.45) is 4.72. The SMILES string of the molecule is CC(=O)OC(COS(C)(=O)=O)C(Cn1cccc1[N+](=O)[O-])OC(C)=O.CC(=O)OC(COS(C)(=O)=O)Cn1cccc1[N+](=O)[O-].CC(=O)OC1C(COS(C)(=O)=O)OC(n2cccc2[N+](=O)[O-])C1OC(C)=O.CC(=O)OCC(COS(C)(=O)=O)n1cc(Cn2cccc2[N+](=O)[O-])nn1.CCC(CO)n1cc(Cn2cccc2[N+](=O)[O-])nn1.CCC(O)C(O)Cn1cccc1[N+](=O)[O-].CCC1OC(n2cccc2[N+](=O)[O-])C(O)C1O. The van der Waals surface area contributed by atoms with E-state index in [4.69, 9.17) is 46.3 Å². The monoisotopic (exact) mass is 2200 g/mol. The minimum atomic E-state index is -3.85. The van der Waals surface area contributed by atoms with Gasteiger partial charge in [0.2, 0.25) is 18.6 Å². The van der Waals surface area contributed by atoms with Crippen molar-refractivity contribution in [1.82, 2.24) is 62.0 Å². The molecule has 11 rings (SSSR count). The van der Waals surface area contributed by atoms with Crippen LogP contribution in [0.25, 0.3) is 0 Å². The van der Waals surface area contributed by atoms with E-state index in [9.17, 15) is 159 Å². The molecular formula is C80H110N20O45S4. The Morgan fingerprint density at radius 1 is 0.403 bits per heavy atom. The van der Waals surface area contributed by atoms with Crippen LogP contribution < -0.4 is 0 Å². The Bertz CT molecular complexity index is 6480. The molecule has 65 nitrogen and oxygen atoms in total. The van der Waals surface area contributed by atoms with E-state index in [2.05, 4.69) is 29.0 Å². The summed E-state index contributed by atoms with van der Waals surface area (Å²) in [4.78, 5) is 140. The number of aliphatic hydroxyl groups is 5. The number of rotatable bonds is 46. The van der Waals surface area contributed by atoms with Crippen molar-refractivity contribution in [2.75, 3.05) is 64.7 Å². The molecule has 2 aliphatic rings. The van der Waals surface area contributed by atoms with Crippen molar-refractivity contribution in [2.24, 2.45) is 0 Å². The van der Waals surface area contributed by atoms with Crippen LogP contribution in [0.3, 0.4) is 0 Å². The minimum absolute atomic E-state index is 0.0109. The largest absolute Gasteiger partial charge is 0.463 e. The van der Waals surface area contributed by atoms with Crippen molar-refractivity contribution in [3.8, 4) is 0 Å². The van der Waals surface area contributed by atoms with Crippen LogP contribution >= 0.6 is 0 Å². The number of carbonyl (C=O) groups is 6. The second kappa shape index (κ2) is 58.1. The van der Waals surface area contributed by atoms with Gasteiger partial charge in [0.1, 0.15) is 94.4 Å². The summed E-state index contributed by atoms with van der Waals surface area (Å²) < 4.78 is 161. The van der Waals surface area contributed by atoms with Crippen molar-refractivity contribution in [1.29, 1.82) is 0 Å². The lowest BCUT2D eigenvalue weighted by atomic mass is 10.1. The summed E-state index contributed by atoms with van der Waals surface area (Å²) in [7, 11) is -15.1. The number of aromatic nitrogens is 13. The first kappa shape index (κ1) is 125. The molecule has 69 heteroatoms. The average molecular weight is 2200 g/mol. The van der Waals surface area contributed by atoms with Gasteiger partial charge >= 0.3 is 76.5 Å². The molecule has 15 unspecified atom stereocenters. The lowest BCUT2D eigenvalue weighted by Gasteiger charge is -2.24. The highest BCUT2D eigenvalue weighted by Gasteiger charge is 2.54. The molecule has 9 aromatic heterocycles. The fourth-order valence-electron chi connectivity index (χ4n) is 13.4. The van der Waals surface area contributed by atoms with Gasteiger partial charge < -0.3 is 134 Å². The van der Waals surface area contributed by atoms with Crippen LogP contribution in [0, 0.1) is 70.8 Å². The molecule has 2 saturated heterocycles. The van der Waals surface area contributed by atoms with Crippen molar-refractivity contribution in [2.45, 2.75) is 206 Å². The van der Waals surface area contributed by atoms with Crippen molar-refractivity contribution >= 4 is 117 Å². The Morgan fingerprint density at radius 3 is 1.15 bits per heavy atom. The Balaban J connectivity index is 0.000000308. The number of nitro groups is 7. The summed E-state index contributed by atoms with van der Waals surface area (Å²) in [5.74, 6) is -5.33. The number of esters is 6. The van der Waals surface area contributed by atoms with Gasteiger partial charge in [-0.15, -0.1) is 10.2 Å². The van der Waals surface area contributed by atoms with E-state index in [0.29, 0.717) is 24.2 Å². The number of nitrogens with zero attached hydrogens (tertiary/aromatic N) is 20. The summed E-state index contributed by atoms with van der Waals surface area (Å²) in [6, 6.07) is 18.8. The molecule has 2 fully saturated rings. The Hall–Kier alpha value is -14.8. The summed E-state index contributed by atoms with van der Waals surface area (Å²) >= 11 is 0. The second-order valence-electron chi connectivity index (χ2n) is 31.7. The maximum atomic E-state index is 11.5. The lowest BCUT2D eigenvalue weighted by Crippen LogP contribution is -2.41. The quantitative estimate of drug-likeness (QED) is 0.0120. The Morgan fingerprint density at radius 2 is 0.765 bits per heavy atom. The van der Waals surface area contributed by atoms with Crippen molar-refractivity contribution in [3.63, 3.8) is 0 Å². The maximum Gasteiger partial charge on any atom is 0.325 e. The molecule has 0 bridgehead atoms. The zero-order valence-electron chi connectivity index (χ0n) is 81.5. The fourth-order valence-corrected chi connectivity index (χ4v) is 15.0. The first-order valence-electron chi connectivity index (χ1n) is 43.5. The molecule has 0 saturated carbocycles. The van der Waals surface area contributed by atoms with Gasteiger partial charge in [-0.3, -0.25) is 45.5 Å². The normalized spacial score (nSPS) is 17.7. The molecule has 0 radical (unpaired) electrons. The third-order valence-electron chi connectivity index (χ3n) is 20.0. The fraction of sp³-hybridized carbons (Fsp3) is 0.525. The van der Waals surface area contributed by atoms with E-state index >= 15 is 0 Å². The topological polar surface area (TPSA) is 849 Å². The molecule has 9 aromatic rings. The molecule has 824 valence electrons. The number of ether oxygens (including phenoxy) is 8. The van der Waals surface area contributed by atoms with Gasteiger partial charge in [-0.25, -0.2) is 41.3 Å². The predicted octanol–water partition coefficient (Wildman–Crippen LogP) is 2.72. The summed E-state index contributed by atoms with van der Waals surface area (Å²) in [6.45, 7) is 10.3. The van der Waals surface area contributed by atoms with E-state index in [1.165, 1.54) is 161 Å². The lowest BCUT2D eigenvalue weighted by molar-refractivity contribution is -0.394. The van der Waals surface area contributed by atoms with E-state index in [1.54, 1.807) is 30.1 Å². The smallest absolute Gasteiger partial charge is 0.325 e.